The summed E-state index contributed by atoms with van der Waals surface area (Å²) in [5.41, 5.74) is 0.162. The Kier molecular flexibility index (Phi) is 3.92. The Morgan fingerprint density at radius 2 is 1.95 bits per heavy atom. The second-order valence-corrected chi connectivity index (χ2v) is 3.88. The van der Waals surface area contributed by atoms with Crippen LogP contribution in [0.3, 0.4) is 0 Å². The van der Waals surface area contributed by atoms with Crippen molar-refractivity contribution in [2.75, 3.05) is 6.54 Å². The highest BCUT2D eigenvalue weighted by Crippen LogP contribution is 2.08. The summed E-state index contributed by atoms with van der Waals surface area (Å²) in [5, 5.41) is 15.7. The maximum Gasteiger partial charge on any atom is 0.336 e. The van der Waals surface area contributed by atoms with E-state index in [1.165, 1.54) is 12.1 Å². The number of aromatic nitrogens is 2. The minimum absolute atomic E-state index is 0.000843. The summed E-state index contributed by atoms with van der Waals surface area (Å²) >= 11 is 0. The third-order valence-electron chi connectivity index (χ3n) is 2.59. The van der Waals surface area contributed by atoms with Gasteiger partial charge in [-0.05, 0) is 18.2 Å². The van der Waals surface area contributed by atoms with Gasteiger partial charge in [0, 0.05) is 18.9 Å². The fourth-order valence-corrected chi connectivity index (χ4v) is 1.68. The molecule has 0 spiro atoms. The van der Waals surface area contributed by atoms with Crippen molar-refractivity contribution < 1.29 is 14.7 Å². The molecule has 6 heteroatoms. The Balaban J connectivity index is 1.98. The van der Waals surface area contributed by atoms with E-state index in [1.807, 2.05) is 0 Å². The summed E-state index contributed by atoms with van der Waals surface area (Å²) in [4.78, 5) is 22.9. The second kappa shape index (κ2) is 5.81. The number of amides is 1. The largest absolute Gasteiger partial charge is 0.478 e. The highest BCUT2D eigenvalue weighted by molar-refractivity contribution is 6.04. The number of nitrogens with one attached hydrogen (secondary N) is 1. The number of hydrogen-bond donors (Lipinski definition) is 2. The van der Waals surface area contributed by atoms with Crippen molar-refractivity contribution in [3.8, 4) is 0 Å². The summed E-state index contributed by atoms with van der Waals surface area (Å²) < 4.78 is 1.68. The minimum Gasteiger partial charge on any atom is -0.478 e. The van der Waals surface area contributed by atoms with Crippen LogP contribution in [-0.4, -0.2) is 33.3 Å². The zero-order valence-electron chi connectivity index (χ0n) is 10.1. The van der Waals surface area contributed by atoms with E-state index in [-0.39, 0.29) is 11.1 Å². The fourth-order valence-electron chi connectivity index (χ4n) is 1.68. The molecule has 0 atom stereocenters. The molecule has 0 aliphatic rings. The van der Waals surface area contributed by atoms with E-state index >= 15 is 0 Å². The molecule has 19 heavy (non-hydrogen) atoms. The minimum atomic E-state index is -1.11. The molecule has 0 fully saturated rings. The molecular weight excluding hydrogens is 246 g/mol. The summed E-state index contributed by atoms with van der Waals surface area (Å²) in [6.07, 6.45) is 3.44. The first-order chi connectivity index (χ1) is 9.18. The molecule has 0 bridgehead atoms. The molecule has 6 nitrogen and oxygen atoms in total. The van der Waals surface area contributed by atoms with E-state index in [1.54, 1.807) is 35.3 Å². The van der Waals surface area contributed by atoms with E-state index in [0.29, 0.717) is 13.1 Å². The topological polar surface area (TPSA) is 84.2 Å². The molecule has 1 aromatic carbocycles. The van der Waals surface area contributed by atoms with Gasteiger partial charge in [0.1, 0.15) is 0 Å². The molecular formula is C13H13N3O3. The SMILES string of the molecule is O=C(O)c1ccccc1C(=O)NCCn1cccn1. The number of carbonyl (C=O) groups is 2. The summed E-state index contributed by atoms with van der Waals surface area (Å²) in [5.74, 6) is -1.51. The van der Waals surface area contributed by atoms with Gasteiger partial charge in [0.2, 0.25) is 0 Å². The highest BCUT2D eigenvalue weighted by Gasteiger charge is 2.14. The van der Waals surface area contributed by atoms with Gasteiger partial charge in [-0.1, -0.05) is 12.1 Å². The lowest BCUT2D eigenvalue weighted by Gasteiger charge is -2.07. The van der Waals surface area contributed by atoms with Crippen molar-refractivity contribution in [2.45, 2.75) is 6.54 Å². The van der Waals surface area contributed by atoms with Gasteiger partial charge in [0.15, 0.2) is 0 Å². The molecule has 1 aromatic heterocycles. The summed E-state index contributed by atoms with van der Waals surface area (Å²) in [6.45, 7) is 0.919. The van der Waals surface area contributed by atoms with Crippen molar-refractivity contribution in [3.05, 3.63) is 53.9 Å². The molecule has 0 radical (unpaired) electrons. The fraction of sp³-hybridized carbons (Fsp3) is 0.154. The Labute approximate surface area is 109 Å². The van der Waals surface area contributed by atoms with Crippen LogP contribution in [0.15, 0.2) is 42.7 Å². The maximum absolute atomic E-state index is 11.9. The average molecular weight is 259 g/mol. The van der Waals surface area contributed by atoms with E-state index in [0.717, 1.165) is 0 Å². The third kappa shape index (κ3) is 3.19. The van der Waals surface area contributed by atoms with E-state index in [4.69, 9.17) is 5.11 Å². The van der Waals surface area contributed by atoms with Crippen LogP contribution in [0.2, 0.25) is 0 Å². The molecule has 1 amide bonds. The van der Waals surface area contributed by atoms with Crippen LogP contribution in [0.25, 0.3) is 0 Å². The zero-order chi connectivity index (χ0) is 13.7. The second-order valence-electron chi connectivity index (χ2n) is 3.88. The lowest BCUT2D eigenvalue weighted by molar-refractivity contribution is 0.0691. The number of rotatable bonds is 5. The zero-order valence-corrected chi connectivity index (χ0v) is 10.1. The van der Waals surface area contributed by atoms with Crippen molar-refractivity contribution >= 4 is 11.9 Å². The van der Waals surface area contributed by atoms with Gasteiger partial charge in [-0.15, -0.1) is 0 Å². The standard InChI is InChI=1S/C13H13N3O3/c17-12(14-7-9-16-8-3-6-15-16)10-4-1-2-5-11(10)13(18)19/h1-6,8H,7,9H2,(H,14,17)(H,18,19). The van der Waals surface area contributed by atoms with Crippen molar-refractivity contribution in [1.29, 1.82) is 0 Å². The Hall–Kier alpha value is -2.63. The quantitative estimate of drug-likeness (QED) is 0.839. The number of carboxylic acids is 1. The van der Waals surface area contributed by atoms with Gasteiger partial charge in [-0.2, -0.15) is 5.10 Å². The Bertz CT molecular complexity index is 579. The van der Waals surface area contributed by atoms with Crippen molar-refractivity contribution in [3.63, 3.8) is 0 Å². The third-order valence-corrected chi connectivity index (χ3v) is 2.59. The molecule has 2 N–H and O–H groups in total. The highest BCUT2D eigenvalue weighted by atomic mass is 16.4. The van der Waals surface area contributed by atoms with Crippen LogP contribution in [0.5, 0.6) is 0 Å². The number of hydrogen-bond acceptors (Lipinski definition) is 3. The van der Waals surface area contributed by atoms with Gasteiger partial charge < -0.3 is 10.4 Å². The van der Waals surface area contributed by atoms with Crippen LogP contribution in [0.4, 0.5) is 0 Å². The molecule has 0 unspecified atom stereocenters. The maximum atomic E-state index is 11.9. The number of benzene rings is 1. The first-order valence-electron chi connectivity index (χ1n) is 5.76. The number of aromatic carboxylic acids is 1. The first kappa shape index (κ1) is 12.8. The molecule has 2 rings (SSSR count). The van der Waals surface area contributed by atoms with Crippen LogP contribution in [0, 0.1) is 0 Å². The van der Waals surface area contributed by atoms with Crippen LogP contribution in [0.1, 0.15) is 20.7 Å². The Morgan fingerprint density at radius 1 is 1.21 bits per heavy atom. The van der Waals surface area contributed by atoms with Gasteiger partial charge in [0.25, 0.3) is 5.91 Å². The molecule has 98 valence electrons. The smallest absolute Gasteiger partial charge is 0.336 e. The molecule has 2 aromatic rings. The lowest BCUT2D eigenvalue weighted by atomic mass is 10.1. The van der Waals surface area contributed by atoms with Crippen LogP contribution in [-0.2, 0) is 6.54 Å². The van der Waals surface area contributed by atoms with Gasteiger partial charge in [-0.25, -0.2) is 4.79 Å². The van der Waals surface area contributed by atoms with E-state index in [2.05, 4.69) is 10.4 Å². The normalized spacial score (nSPS) is 10.1. The average Bonchev–Trinajstić information content (AvgIpc) is 2.91. The molecule has 0 saturated heterocycles. The monoisotopic (exact) mass is 259 g/mol. The number of nitrogens with zero attached hydrogens (tertiary/aromatic N) is 2. The summed E-state index contributed by atoms with van der Waals surface area (Å²) in [6, 6.07) is 7.91. The summed E-state index contributed by atoms with van der Waals surface area (Å²) in [7, 11) is 0. The van der Waals surface area contributed by atoms with Gasteiger partial charge in [-0.3, -0.25) is 9.48 Å². The van der Waals surface area contributed by atoms with Crippen molar-refractivity contribution in [2.24, 2.45) is 0 Å². The van der Waals surface area contributed by atoms with E-state index in [9.17, 15) is 9.59 Å². The van der Waals surface area contributed by atoms with Gasteiger partial charge >= 0.3 is 5.97 Å². The number of carbonyl (C=O) groups excluding carboxylic acids is 1. The molecule has 0 aliphatic heterocycles. The predicted molar refractivity (Wildman–Crippen MR) is 68.0 cm³/mol. The molecule has 0 saturated carbocycles. The number of carboxylic acid groups (broad SMARTS) is 1. The first-order valence-corrected chi connectivity index (χ1v) is 5.76. The van der Waals surface area contributed by atoms with Gasteiger partial charge in [0.05, 0.1) is 17.7 Å². The van der Waals surface area contributed by atoms with Crippen LogP contribution < -0.4 is 5.32 Å². The molecule has 0 aliphatic carbocycles. The Morgan fingerprint density at radius 3 is 2.58 bits per heavy atom. The van der Waals surface area contributed by atoms with E-state index < -0.39 is 11.9 Å². The molecule has 1 heterocycles. The van der Waals surface area contributed by atoms with Crippen molar-refractivity contribution in [1.82, 2.24) is 15.1 Å². The lowest BCUT2D eigenvalue weighted by Crippen LogP contribution is -2.28. The predicted octanol–water partition coefficient (Wildman–Crippen LogP) is 1.01. The van der Waals surface area contributed by atoms with Crippen LogP contribution >= 0.6 is 0 Å².